The first-order valence-corrected chi connectivity index (χ1v) is 4.31. The number of hydrogen-bond acceptors (Lipinski definition) is 3. The van der Waals surface area contributed by atoms with Crippen LogP contribution in [0.4, 0.5) is 18.9 Å². The maximum absolute atomic E-state index is 11.9. The van der Waals surface area contributed by atoms with Crippen LogP contribution in [0.3, 0.4) is 0 Å². The van der Waals surface area contributed by atoms with Crippen molar-refractivity contribution in [1.82, 2.24) is 4.98 Å². The zero-order chi connectivity index (χ0) is 13.2. The number of carboxylic acids is 1. The van der Waals surface area contributed by atoms with E-state index in [2.05, 4.69) is 4.98 Å². The zero-order valence-electron chi connectivity index (χ0n) is 8.50. The van der Waals surface area contributed by atoms with Crippen molar-refractivity contribution in [3.63, 3.8) is 0 Å². The van der Waals surface area contributed by atoms with Crippen molar-refractivity contribution in [1.29, 1.82) is 0 Å². The van der Waals surface area contributed by atoms with Crippen LogP contribution < -0.4 is 5.32 Å². The Morgan fingerprint density at radius 1 is 1.35 bits per heavy atom. The zero-order valence-corrected chi connectivity index (χ0v) is 8.50. The minimum absolute atomic E-state index is 0.0116. The Kier molecular flexibility index (Phi) is 3.35. The van der Waals surface area contributed by atoms with Crippen molar-refractivity contribution in [2.24, 2.45) is 0 Å². The number of rotatable bonds is 2. The van der Waals surface area contributed by atoms with E-state index in [1.54, 1.807) is 5.32 Å². The van der Waals surface area contributed by atoms with E-state index >= 15 is 0 Å². The second-order valence-electron chi connectivity index (χ2n) is 3.09. The summed E-state index contributed by atoms with van der Waals surface area (Å²) in [6, 6.07) is 2.05. The average molecular weight is 248 g/mol. The third-order valence-corrected chi connectivity index (χ3v) is 1.81. The highest BCUT2D eigenvalue weighted by molar-refractivity contribution is 5.95. The number of carbonyl (C=O) groups is 2. The molecule has 1 amide bonds. The molecule has 2 N–H and O–H groups in total. The van der Waals surface area contributed by atoms with Gasteiger partial charge < -0.3 is 10.4 Å². The quantitative estimate of drug-likeness (QED) is 0.832. The standard InChI is InChI=1S/C9H7F3N2O3/c1-4-5(14-8(17)9(10,11)12)2-3-6(13-4)7(15)16/h2-3H,1H3,(H,14,17)(H,15,16). The lowest BCUT2D eigenvalue weighted by molar-refractivity contribution is -0.167. The van der Waals surface area contributed by atoms with Gasteiger partial charge in [0.05, 0.1) is 11.4 Å². The van der Waals surface area contributed by atoms with Crippen LogP contribution in [0.25, 0.3) is 0 Å². The third kappa shape index (κ3) is 3.16. The van der Waals surface area contributed by atoms with Gasteiger partial charge in [-0.1, -0.05) is 0 Å². The molecule has 0 aromatic carbocycles. The van der Waals surface area contributed by atoms with Crippen molar-refractivity contribution in [3.8, 4) is 0 Å². The number of nitrogens with zero attached hydrogens (tertiary/aromatic N) is 1. The summed E-state index contributed by atoms with van der Waals surface area (Å²) in [4.78, 5) is 24.7. The number of nitrogens with one attached hydrogen (secondary N) is 1. The van der Waals surface area contributed by atoms with E-state index in [9.17, 15) is 22.8 Å². The molecule has 0 saturated carbocycles. The normalized spacial score (nSPS) is 11.1. The average Bonchev–Trinajstić information content (AvgIpc) is 2.19. The van der Waals surface area contributed by atoms with Crippen LogP contribution in [-0.4, -0.2) is 28.1 Å². The first kappa shape index (κ1) is 12.9. The molecule has 1 rings (SSSR count). The van der Waals surface area contributed by atoms with Crippen LogP contribution in [0.5, 0.6) is 0 Å². The summed E-state index contributed by atoms with van der Waals surface area (Å²) >= 11 is 0. The molecule has 0 unspecified atom stereocenters. The minimum Gasteiger partial charge on any atom is -0.477 e. The van der Waals surface area contributed by atoms with Crippen LogP contribution in [0, 0.1) is 6.92 Å². The number of alkyl halides is 3. The van der Waals surface area contributed by atoms with E-state index in [0.717, 1.165) is 12.1 Å². The van der Waals surface area contributed by atoms with Gasteiger partial charge in [0.25, 0.3) is 0 Å². The van der Waals surface area contributed by atoms with Crippen molar-refractivity contribution in [2.75, 3.05) is 5.32 Å². The SMILES string of the molecule is Cc1nc(C(=O)O)ccc1NC(=O)C(F)(F)F. The Hall–Kier alpha value is -2.12. The van der Waals surface area contributed by atoms with Crippen molar-refractivity contribution in [2.45, 2.75) is 13.1 Å². The molecule has 0 aliphatic heterocycles. The van der Waals surface area contributed by atoms with E-state index < -0.39 is 18.1 Å². The maximum Gasteiger partial charge on any atom is 0.471 e. The summed E-state index contributed by atoms with van der Waals surface area (Å²) in [5, 5.41) is 10.2. The Morgan fingerprint density at radius 2 is 1.94 bits per heavy atom. The summed E-state index contributed by atoms with van der Waals surface area (Å²) in [6.07, 6.45) is -5.00. The Balaban J connectivity index is 2.95. The van der Waals surface area contributed by atoms with Gasteiger partial charge in [0.15, 0.2) is 0 Å². The molecule has 17 heavy (non-hydrogen) atoms. The van der Waals surface area contributed by atoms with Gasteiger partial charge in [-0.15, -0.1) is 0 Å². The molecule has 0 atom stereocenters. The molecule has 5 nitrogen and oxygen atoms in total. The molecule has 0 fully saturated rings. The summed E-state index contributed by atoms with van der Waals surface area (Å²) < 4.78 is 35.8. The van der Waals surface area contributed by atoms with E-state index in [1.807, 2.05) is 0 Å². The Morgan fingerprint density at radius 3 is 2.35 bits per heavy atom. The van der Waals surface area contributed by atoms with E-state index in [4.69, 9.17) is 5.11 Å². The fourth-order valence-corrected chi connectivity index (χ4v) is 1.01. The molecule has 92 valence electrons. The van der Waals surface area contributed by atoms with Gasteiger partial charge in [0, 0.05) is 0 Å². The number of halogens is 3. The molecular formula is C9H7F3N2O3. The Bertz CT molecular complexity index is 471. The second kappa shape index (κ2) is 4.40. The molecule has 0 spiro atoms. The van der Waals surface area contributed by atoms with Gasteiger partial charge in [-0.05, 0) is 19.1 Å². The molecule has 8 heteroatoms. The molecule has 1 aromatic rings. The number of aryl methyl sites for hydroxylation is 1. The van der Waals surface area contributed by atoms with Crippen LogP contribution in [0.2, 0.25) is 0 Å². The Labute approximate surface area is 93.3 Å². The molecule has 0 aliphatic carbocycles. The molecule has 1 heterocycles. The largest absolute Gasteiger partial charge is 0.477 e. The number of aromatic carboxylic acids is 1. The number of anilines is 1. The first-order valence-electron chi connectivity index (χ1n) is 4.31. The van der Waals surface area contributed by atoms with E-state index in [0.29, 0.717) is 0 Å². The van der Waals surface area contributed by atoms with Gasteiger partial charge in [-0.25, -0.2) is 9.78 Å². The molecule has 1 aromatic heterocycles. The molecule has 0 aliphatic rings. The number of carbonyl (C=O) groups excluding carboxylic acids is 1. The fraction of sp³-hybridized carbons (Fsp3) is 0.222. The summed E-state index contributed by atoms with van der Waals surface area (Å²) in [7, 11) is 0. The van der Waals surface area contributed by atoms with E-state index in [-0.39, 0.29) is 17.1 Å². The van der Waals surface area contributed by atoms with Gasteiger partial charge in [0.2, 0.25) is 0 Å². The fourth-order valence-electron chi connectivity index (χ4n) is 1.01. The van der Waals surface area contributed by atoms with Crippen LogP contribution in [-0.2, 0) is 4.79 Å². The number of amides is 1. The highest BCUT2D eigenvalue weighted by atomic mass is 19.4. The second-order valence-corrected chi connectivity index (χ2v) is 3.09. The predicted octanol–water partition coefficient (Wildman–Crippen LogP) is 1.59. The number of pyridine rings is 1. The monoisotopic (exact) mass is 248 g/mol. The topological polar surface area (TPSA) is 79.3 Å². The van der Waals surface area contributed by atoms with Gasteiger partial charge in [0.1, 0.15) is 5.69 Å². The maximum atomic E-state index is 11.9. The summed E-state index contributed by atoms with van der Waals surface area (Å²) in [5.74, 6) is -3.44. The van der Waals surface area contributed by atoms with Crippen LogP contribution >= 0.6 is 0 Å². The first-order chi connectivity index (χ1) is 7.71. The molecule has 0 radical (unpaired) electrons. The number of hydrogen-bond donors (Lipinski definition) is 2. The minimum atomic E-state index is -5.00. The van der Waals surface area contributed by atoms with Crippen molar-refractivity contribution >= 4 is 17.6 Å². The lowest BCUT2D eigenvalue weighted by atomic mass is 10.2. The molecule has 0 saturated heterocycles. The summed E-state index contributed by atoms with van der Waals surface area (Å²) in [5.41, 5.74) is -0.507. The third-order valence-electron chi connectivity index (χ3n) is 1.81. The van der Waals surface area contributed by atoms with Crippen molar-refractivity contribution < 1.29 is 27.9 Å². The molecule has 0 bridgehead atoms. The van der Waals surface area contributed by atoms with Crippen LogP contribution in [0.1, 0.15) is 16.2 Å². The highest BCUT2D eigenvalue weighted by Crippen LogP contribution is 2.19. The highest BCUT2D eigenvalue weighted by Gasteiger charge is 2.38. The van der Waals surface area contributed by atoms with Gasteiger partial charge >= 0.3 is 18.1 Å². The predicted molar refractivity (Wildman–Crippen MR) is 50.6 cm³/mol. The smallest absolute Gasteiger partial charge is 0.471 e. The molecular weight excluding hydrogens is 241 g/mol. The van der Waals surface area contributed by atoms with Gasteiger partial charge in [-0.3, -0.25) is 4.79 Å². The number of aromatic nitrogens is 1. The lowest BCUT2D eigenvalue weighted by Crippen LogP contribution is -2.30. The van der Waals surface area contributed by atoms with Crippen molar-refractivity contribution in [3.05, 3.63) is 23.5 Å². The lowest BCUT2D eigenvalue weighted by Gasteiger charge is -2.09. The van der Waals surface area contributed by atoms with Crippen LogP contribution in [0.15, 0.2) is 12.1 Å². The van der Waals surface area contributed by atoms with E-state index in [1.165, 1.54) is 6.92 Å². The summed E-state index contributed by atoms with van der Waals surface area (Å²) in [6.45, 7) is 1.29. The van der Waals surface area contributed by atoms with Gasteiger partial charge in [-0.2, -0.15) is 13.2 Å². The number of carboxylic acid groups (broad SMARTS) is 1.